The van der Waals surface area contributed by atoms with E-state index < -0.39 is 16.4 Å². The van der Waals surface area contributed by atoms with Crippen LogP contribution in [0, 0.1) is 6.92 Å². The summed E-state index contributed by atoms with van der Waals surface area (Å²) in [5.74, 6) is 1.22. The molecule has 1 aromatic carbocycles. The molecule has 23 heavy (non-hydrogen) atoms. The van der Waals surface area contributed by atoms with E-state index in [1.54, 1.807) is 50.4 Å². The van der Waals surface area contributed by atoms with Gasteiger partial charge in [-0.25, -0.2) is 0 Å². The van der Waals surface area contributed by atoms with Crippen LogP contribution in [-0.2, 0) is 22.2 Å². The van der Waals surface area contributed by atoms with Crippen LogP contribution in [0.4, 0.5) is 0 Å². The van der Waals surface area contributed by atoms with Crippen LogP contribution in [-0.4, -0.2) is 28.0 Å². The van der Waals surface area contributed by atoms with Crippen LogP contribution >= 0.6 is 0 Å². The molecule has 5 nitrogen and oxygen atoms in total. The Labute approximate surface area is 138 Å². The maximum absolute atomic E-state index is 12.2. The fraction of sp³-hybridized carbons (Fsp3) is 0.353. The van der Waals surface area contributed by atoms with Gasteiger partial charge in [0.15, 0.2) is 0 Å². The summed E-state index contributed by atoms with van der Waals surface area (Å²) in [5.41, 5.74) is 0.0261. The predicted molar refractivity (Wildman–Crippen MR) is 89.6 cm³/mol. The zero-order chi connectivity index (χ0) is 17.0. The summed E-state index contributed by atoms with van der Waals surface area (Å²) in [6.07, 6.45) is 1.62. The number of carbonyl (C=O) groups excluding carboxylic acids is 1. The Bertz CT molecular complexity index is 721. The molecular formula is C17H21NO4S. The van der Waals surface area contributed by atoms with E-state index >= 15 is 0 Å². The van der Waals surface area contributed by atoms with Crippen molar-refractivity contribution in [3.63, 3.8) is 0 Å². The van der Waals surface area contributed by atoms with E-state index in [-0.39, 0.29) is 12.5 Å². The largest absolute Gasteiger partial charge is 0.463 e. The van der Waals surface area contributed by atoms with Crippen LogP contribution in [0.15, 0.2) is 40.8 Å². The molecule has 0 radical (unpaired) electrons. The van der Waals surface area contributed by atoms with Gasteiger partial charge in [0.1, 0.15) is 17.1 Å². The monoisotopic (exact) mass is 335 g/mol. The predicted octanol–water partition coefficient (Wildman–Crippen LogP) is 2.10. The molecule has 2 atom stereocenters. The maximum atomic E-state index is 12.2. The quantitative estimate of drug-likeness (QED) is 0.847. The SMILES string of the molecule is Cc1ccc(C(C)(O)CNC(=O)c2cccc(CS(C)=O)c2)o1. The Morgan fingerprint density at radius 3 is 2.70 bits per heavy atom. The van der Waals surface area contributed by atoms with Gasteiger partial charge in [0.2, 0.25) is 0 Å². The fourth-order valence-electron chi connectivity index (χ4n) is 2.20. The van der Waals surface area contributed by atoms with E-state index in [1.807, 2.05) is 6.07 Å². The van der Waals surface area contributed by atoms with Gasteiger partial charge in [-0.1, -0.05) is 12.1 Å². The highest BCUT2D eigenvalue weighted by atomic mass is 32.2. The molecule has 1 heterocycles. The summed E-state index contributed by atoms with van der Waals surface area (Å²) in [7, 11) is -0.963. The van der Waals surface area contributed by atoms with Crippen molar-refractivity contribution in [3.05, 3.63) is 59.0 Å². The second-order valence-electron chi connectivity index (χ2n) is 5.78. The molecule has 2 aromatic rings. The molecule has 0 spiro atoms. The van der Waals surface area contributed by atoms with Crippen molar-refractivity contribution in [1.29, 1.82) is 0 Å². The lowest BCUT2D eigenvalue weighted by atomic mass is 10.0. The van der Waals surface area contributed by atoms with Crippen molar-refractivity contribution in [2.45, 2.75) is 25.2 Å². The Hall–Kier alpha value is -1.92. The number of amides is 1. The smallest absolute Gasteiger partial charge is 0.251 e. The average Bonchev–Trinajstić information content (AvgIpc) is 2.92. The van der Waals surface area contributed by atoms with Crippen LogP contribution < -0.4 is 5.32 Å². The summed E-state index contributed by atoms with van der Waals surface area (Å²) >= 11 is 0. The molecule has 0 aliphatic carbocycles. The average molecular weight is 335 g/mol. The molecular weight excluding hydrogens is 314 g/mol. The number of nitrogens with one attached hydrogen (secondary N) is 1. The molecule has 0 saturated carbocycles. The van der Waals surface area contributed by atoms with E-state index in [2.05, 4.69) is 5.32 Å². The number of aliphatic hydroxyl groups is 1. The molecule has 2 unspecified atom stereocenters. The molecule has 124 valence electrons. The van der Waals surface area contributed by atoms with Gasteiger partial charge < -0.3 is 14.8 Å². The van der Waals surface area contributed by atoms with Gasteiger partial charge in [0, 0.05) is 28.4 Å². The first-order valence-corrected chi connectivity index (χ1v) is 8.97. The van der Waals surface area contributed by atoms with Crippen LogP contribution in [0.1, 0.15) is 34.4 Å². The van der Waals surface area contributed by atoms with E-state index in [9.17, 15) is 14.1 Å². The van der Waals surface area contributed by atoms with Crippen molar-refractivity contribution in [1.82, 2.24) is 5.32 Å². The molecule has 6 heteroatoms. The maximum Gasteiger partial charge on any atom is 0.251 e. The Morgan fingerprint density at radius 1 is 1.35 bits per heavy atom. The number of rotatable bonds is 6. The minimum absolute atomic E-state index is 0.0305. The molecule has 2 rings (SSSR count). The number of hydrogen-bond acceptors (Lipinski definition) is 4. The zero-order valence-corrected chi connectivity index (χ0v) is 14.3. The number of benzene rings is 1. The summed E-state index contributed by atoms with van der Waals surface area (Å²) in [6, 6.07) is 10.4. The topological polar surface area (TPSA) is 79.5 Å². The van der Waals surface area contributed by atoms with Crippen LogP contribution in [0.2, 0.25) is 0 Å². The van der Waals surface area contributed by atoms with Crippen molar-refractivity contribution in [2.75, 3.05) is 12.8 Å². The van der Waals surface area contributed by atoms with E-state index in [0.29, 0.717) is 22.8 Å². The Balaban J connectivity index is 2.03. The first-order valence-electron chi connectivity index (χ1n) is 7.24. The third-order valence-electron chi connectivity index (χ3n) is 3.42. The highest BCUT2D eigenvalue weighted by Gasteiger charge is 2.27. The third-order valence-corrected chi connectivity index (χ3v) is 4.16. The van der Waals surface area contributed by atoms with E-state index in [0.717, 1.165) is 5.56 Å². The molecule has 1 aromatic heterocycles. The van der Waals surface area contributed by atoms with Crippen molar-refractivity contribution in [3.8, 4) is 0 Å². The van der Waals surface area contributed by atoms with Crippen molar-refractivity contribution >= 4 is 16.7 Å². The summed E-state index contributed by atoms with van der Waals surface area (Å²) in [5, 5.41) is 13.1. The molecule has 0 bridgehead atoms. The lowest BCUT2D eigenvalue weighted by molar-refractivity contribution is 0.0323. The first-order chi connectivity index (χ1) is 10.8. The number of carbonyl (C=O) groups is 1. The molecule has 0 aliphatic heterocycles. The third kappa shape index (κ3) is 4.77. The molecule has 2 N–H and O–H groups in total. The molecule has 0 fully saturated rings. The summed E-state index contributed by atoms with van der Waals surface area (Å²) < 4.78 is 16.7. The Morgan fingerprint density at radius 2 is 2.09 bits per heavy atom. The van der Waals surface area contributed by atoms with Gasteiger partial charge in [0.05, 0.1) is 6.54 Å². The van der Waals surface area contributed by atoms with E-state index in [4.69, 9.17) is 4.42 Å². The highest BCUT2D eigenvalue weighted by molar-refractivity contribution is 7.83. The van der Waals surface area contributed by atoms with Gasteiger partial charge in [-0.05, 0) is 43.7 Å². The van der Waals surface area contributed by atoms with Crippen molar-refractivity contribution in [2.24, 2.45) is 0 Å². The van der Waals surface area contributed by atoms with Gasteiger partial charge in [-0.2, -0.15) is 0 Å². The zero-order valence-electron chi connectivity index (χ0n) is 13.5. The number of furan rings is 1. The standard InChI is InChI=1S/C17H21NO4S/c1-12-7-8-15(22-12)17(2,20)11-18-16(19)14-6-4-5-13(9-14)10-23(3)21/h4-9,20H,10-11H2,1-3H3,(H,18,19). The number of aryl methyl sites for hydroxylation is 1. The first kappa shape index (κ1) is 17.4. The van der Waals surface area contributed by atoms with Gasteiger partial charge in [-0.3, -0.25) is 9.00 Å². The van der Waals surface area contributed by atoms with Crippen LogP contribution in [0.25, 0.3) is 0 Å². The summed E-state index contributed by atoms with van der Waals surface area (Å²) in [4.78, 5) is 12.2. The normalized spacial score (nSPS) is 15.0. The lowest BCUT2D eigenvalue weighted by Crippen LogP contribution is -2.38. The van der Waals surface area contributed by atoms with Crippen LogP contribution in [0.5, 0.6) is 0 Å². The van der Waals surface area contributed by atoms with E-state index in [1.165, 1.54) is 0 Å². The highest BCUT2D eigenvalue weighted by Crippen LogP contribution is 2.22. The Kier molecular flexibility index (Phi) is 5.38. The van der Waals surface area contributed by atoms with Gasteiger partial charge in [0.25, 0.3) is 5.91 Å². The summed E-state index contributed by atoms with van der Waals surface area (Å²) in [6.45, 7) is 3.41. The fourth-order valence-corrected chi connectivity index (χ4v) is 2.85. The second kappa shape index (κ2) is 7.10. The van der Waals surface area contributed by atoms with Gasteiger partial charge in [-0.15, -0.1) is 0 Å². The minimum atomic E-state index is -1.29. The van der Waals surface area contributed by atoms with Crippen LogP contribution in [0.3, 0.4) is 0 Å². The molecule has 0 saturated heterocycles. The van der Waals surface area contributed by atoms with Crippen molar-refractivity contribution < 1.29 is 18.5 Å². The van der Waals surface area contributed by atoms with Gasteiger partial charge >= 0.3 is 0 Å². The lowest BCUT2D eigenvalue weighted by Gasteiger charge is -2.21. The molecule has 0 aliphatic rings. The second-order valence-corrected chi connectivity index (χ2v) is 7.22. The molecule has 1 amide bonds. The number of hydrogen-bond donors (Lipinski definition) is 2. The minimum Gasteiger partial charge on any atom is -0.463 e.